The lowest BCUT2D eigenvalue weighted by Gasteiger charge is -2.50. The van der Waals surface area contributed by atoms with Gasteiger partial charge in [-0.1, -0.05) is 42.5 Å². The van der Waals surface area contributed by atoms with Crippen molar-refractivity contribution in [3.8, 4) is 5.75 Å². The van der Waals surface area contributed by atoms with Crippen LogP contribution in [0.5, 0.6) is 5.75 Å². The SMILES string of the molecule is C=Cc1ccc(N2C(=O)C3CC=C4C(CC5(Cl)C(=O)N(c6c(F)c(F)c(F)c(F)c6F)C(=O)C5(Cl)C4c4ccc(O)c(F)c4)C3C2=O)cc1. The number of phenolic OH excluding ortho intramolecular Hbond substituents is 1. The summed E-state index contributed by atoms with van der Waals surface area (Å²) < 4.78 is 87.8. The molecule has 2 aliphatic carbocycles. The molecular weight excluding hydrogens is 701 g/mol. The van der Waals surface area contributed by atoms with Crippen LogP contribution in [0.3, 0.4) is 0 Å². The molecule has 0 bridgehead atoms. The number of carbonyl (C=O) groups excluding carboxylic acids is 4. The third kappa shape index (κ3) is 4.18. The molecule has 3 aromatic rings. The van der Waals surface area contributed by atoms with E-state index in [1.807, 2.05) is 0 Å². The van der Waals surface area contributed by atoms with Crippen molar-refractivity contribution in [2.24, 2.45) is 17.8 Å². The van der Waals surface area contributed by atoms with Gasteiger partial charge in [-0.25, -0.2) is 31.2 Å². The summed E-state index contributed by atoms with van der Waals surface area (Å²) in [7, 11) is 0. The maximum atomic E-state index is 15.1. The summed E-state index contributed by atoms with van der Waals surface area (Å²) in [5.41, 5.74) is -1.04. The minimum absolute atomic E-state index is 0.0921. The number of nitrogens with zero attached hydrogens (tertiary/aromatic N) is 2. The van der Waals surface area contributed by atoms with E-state index in [1.54, 1.807) is 18.2 Å². The molecular formula is C34H20Cl2F6N2O5. The van der Waals surface area contributed by atoms with Crippen molar-refractivity contribution >= 4 is 64.3 Å². The van der Waals surface area contributed by atoms with Crippen molar-refractivity contribution in [3.63, 3.8) is 0 Å². The van der Waals surface area contributed by atoms with Gasteiger partial charge in [0, 0.05) is 5.92 Å². The zero-order valence-electron chi connectivity index (χ0n) is 24.6. The fourth-order valence-electron chi connectivity index (χ4n) is 7.66. The number of imide groups is 2. The zero-order chi connectivity index (χ0) is 35.5. The second-order valence-electron chi connectivity index (χ2n) is 12.2. The molecule has 3 fully saturated rings. The van der Waals surface area contributed by atoms with E-state index in [0.29, 0.717) is 5.56 Å². The van der Waals surface area contributed by atoms with Crippen LogP contribution in [-0.4, -0.2) is 38.5 Å². The van der Waals surface area contributed by atoms with E-state index in [0.717, 1.165) is 23.1 Å². The molecule has 6 atom stereocenters. The van der Waals surface area contributed by atoms with E-state index < -0.39 is 110 Å². The number of aromatic hydroxyl groups is 1. The van der Waals surface area contributed by atoms with Crippen LogP contribution >= 0.6 is 23.2 Å². The first-order chi connectivity index (χ1) is 23.1. The third-order valence-corrected chi connectivity index (χ3v) is 11.3. The lowest BCUT2D eigenvalue weighted by atomic mass is 9.56. The number of hydrogen-bond donors (Lipinski definition) is 1. The fraction of sp³-hybridized carbons (Fsp3) is 0.235. The van der Waals surface area contributed by atoms with Crippen LogP contribution in [-0.2, 0) is 19.2 Å². The smallest absolute Gasteiger partial charge is 0.258 e. The van der Waals surface area contributed by atoms with Gasteiger partial charge in [-0.05, 0) is 54.2 Å². The normalized spacial score (nSPS) is 29.2. The molecule has 6 unspecified atom stereocenters. The monoisotopic (exact) mass is 720 g/mol. The molecule has 252 valence electrons. The Morgan fingerprint density at radius 3 is 2.00 bits per heavy atom. The Labute approximate surface area is 283 Å². The molecule has 1 N–H and O–H groups in total. The lowest BCUT2D eigenvalue weighted by molar-refractivity contribution is -0.125. The van der Waals surface area contributed by atoms with Crippen LogP contribution in [0, 0.1) is 52.7 Å². The first-order valence-corrected chi connectivity index (χ1v) is 15.4. The average molecular weight is 721 g/mol. The van der Waals surface area contributed by atoms with Gasteiger partial charge in [0.25, 0.3) is 11.8 Å². The van der Waals surface area contributed by atoms with E-state index >= 15 is 8.78 Å². The van der Waals surface area contributed by atoms with Crippen LogP contribution in [0.25, 0.3) is 6.08 Å². The van der Waals surface area contributed by atoms with Crippen molar-refractivity contribution in [2.45, 2.75) is 28.5 Å². The number of anilines is 2. The summed E-state index contributed by atoms with van der Waals surface area (Å²) in [6.45, 7) is 3.67. The van der Waals surface area contributed by atoms with Gasteiger partial charge in [0.2, 0.25) is 17.6 Å². The number of amides is 4. The van der Waals surface area contributed by atoms with E-state index in [2.05, 4.69) is 6.58 Å². The van der Waals surface area contributed by atoms with Crippen molar-refractivity contribution in [1.29, 1.82) is 0 Å². The van der Waals surface area contributed by atoms with Gasteiger partial charge in [-0.3, -0.25) is 24.1 Å². The standard InChI is InChI=1S/C34H20Cl2F6N2O5/c1-2-13-3-6-15(7-4-13)43-29(46)17-9-8-16-18(21(17)30(43)47)12-33(35)31(48)44(28-26(41)24(39)23(38)25(40)27(28)42)32(49)34(33,36)22(16)14-5-10-20(45)19(37)11-14/h2-8,10-11,17-18,21-22,45H,1,9,12H2. The number of phenols is 1. The lowest BCUT2D eigenvalue weighted by Crippen LogP contribution is -2.60. The molecule has 49 heavy (non-hydrogen) atoms. The Morgan fingerprint density at radius 1 is 0.796 bits per heavy atom. The van der Waals surface area contributed by atoms with Crippen LogP contribution in [0.15, 0.2) is 60.7 Å². The topological polar surface area (TPSA) is 95.0 Å². The molecule has 1 saturated carbocycles. The highest BCUT2D eigenvalue weighted by Crippen LogP contribution is 2.66. The first kappa shape index (κ1) is 32.9. The van der Waals surface area contributed by atoms with Gasteiger partial charge in [-0.15, -0.1) is 23.2 Å². The number of rotatable bonds is 4. The van der Waals surface area contributed by atoms with Gasteiger partial charge in [0.05, 0.1) is 17.5 Å². The summed E-state index contributed by atoms with van der Waals surface area (Å²) in [4.78, 5) is 51.3. The summed E-state index contributed by atoms with van der Waals surface area (Å²) in [6.07, 6.45) is 2.23. The molecule has 7 nitrogen and oxygen atoms in total. The number of halogens is 8. The predicted molar refractivity (Wildman–Crippen MR) is 164 cm³/mol. The Balaban J connectivity index is 1.42. The molecule has 4 aliphatic rings. The molecule has 0 spiro atoms. The molecule has 0 aromatic heterocycles. The van der Waals surface area contributed by atoms with Gasteiger partial charge >= 0.3 is 0 Å². The van der Waals surface area contributed by atoms with E-state index in [9.17, 15) is 41.8 Å². The van der Waals surface area contributed by atoms with Gasteiger partial charge in [-0.2, -0.15) is 0 Å². The van der Waals surface area contributed by atoms with Gasteiger partial charge in [0.1, 0.15) is 5.69 Å². The molecule has 2 heterocycles. The molecule has 0 radical (unpaired) electrons. The third-order valence-electron chi connectivity index (χ3n) is 9.91. The maximum Gasteiger partial charge on any atom is 0.258 e. The summed E-state index contributed by atoms with van der Waals surface area (Å²) >= 11 is 14.0. The molecule has 3 aromatic carbocycles. The quantitative estimate of drug-likeness (QED) is 0.0815. The van der Waals surface area contributed by atoms with Crippen molar-refractivity contribution in [1.82, 2.24) is 0 Å². The minimum Gasteiger partial charge on any atom is -0.505 e. The molecule has 4 amide bonds. The Bertz CT molecular complexity index is 2060. The Kier molecular flexibility index (Phi) is 7.35. The molecule has 15 heteroatoms. The van der Waals surface area contributed by atoms with Gasteiger partial charge < -0.3 is 5.11 Å². The van der Waals surface area contributed by atoms with Crippen LogP contribution in [0.2, 0.25) is 0 Å². The number of carbonyl (C=O) groups is 4. The highest BCUT2D eigenvalue weighted by atomic mass is 35.5. The number of alkyl halides is 2. The number of benzene rings is 3. The second kappa shape index (κ2) is 10.9. The zero-order valence-corrected chi connectivity index (χ0v) is 26.1. The highest BCUT2D eigenvalue weighted by molar-refractivity contribution is 6.58. The highest BCUT2D eigenvalue weighted by Gasteiger charge is 2.77. The van der Waals surface area contributed by atoms with Crippen molar-refractivity contribution in [3.05, 3.63) is 107 Å². The van der Waals surface area contributed by atoms with Gasteiger partial charge in [0.15, 0.2) is 44.6 Å². The van der Waals surface area contributed by atoms with Crippen molar-refractivity contribution < 1.29 is 50.6 Å². The Morgan fingerprint density at radius 2 is 1.41 bits per heavy atom. The Hall–Kier alpha value is -4.62. The predicted octanol–water partition coefficient (Wildman–Crippen LogP) is 6.64. The van der Waals surface area contributed by atoms with E-state index in [4.69, 9.17) is 23.2 Å². The largest absolute Gasteiger partial charge is 0.505 e. The van der Waals surface area contributed by atoms with E-state index in [-0.39, 0.29) is 28.1 Å². The van der Waals surface area contributed by atoms with Crippen LogP contribution in [0.4, 0.5) is 37.7 Å². The summed E-state index contributed by atoms with van der Waals surface area (Å²) in [6, 6.07) is 9.09. The molecule has 2 aliphatic heterocycles. The minimum atomic E-state index is -2.81. The van der Waals surface area contributed by atoms with Crippen LogP contribution in [0.1, 0.15) is 29.9 Å². The second-order valence-corrected chi connectivity index (χ2v) is 13.5. The average Bonchev–Trinajstić information content (AvgIpc) is 3.42. The molecule has 7 rings (SSSR count). The van der Waals surface area contributed by atoms with Crippen molar-refractivity contribution in [2.75, 3.05) is 9.80 Å². The number of hydrogen-bond acceptors (Lipinski definition) is 5. The van der Waals surface area contributed by atoms with E-state index in [1.165, 1.54) is 18.2 Å². The number of allylic oxidation sites excluding steroid dienone is 2. The molecule has 2 saturated heterocycles. The maximum absolute atomic E-state index is 15.1. The number of fused-ring (bicyclic) bond motifs is 4. The first-order valence-electron chi connectivity index (χ1n) is 14.7. The summed E-state index contributed by atoms with van der Waals surface area (Å²) in [5, 5.41) is 9.90. The fourth-order valence-corrected chi connectivity index (χ4v) is 8.59. The van der Waals surface area contributed by atoms with Crippen LogP contribution < -0.4 is 9.80 Å². The summed E-state index contributed by atoms with van der Waals surface area (Å²) in [5.74, 6) is -24.2.